The zero-order valence-corrected chi connectivity index (χ0v) is 17.8. The Balaban J connectivity index is 1.80. The monoisotopic (exact) mass is 396 g/mol. The number of aromatic hydroxyl groups is 1. The van der Waals surface area contributed by atoms with E-state index in [1.54, 1.807) is 0 Å². The topological polar surface area (TPSA) is 49.5 Å². The minimum Gasteiger partial charge on any atom is -0.507 e. The van der Waals surface area contributed by atoms with Gasteiger partial charge in [0.25, 0.3) is 0 Å². The number of aliphatic imine (C=N–C) groups is 1. The maximum atomic E-state index is 10.5. The highest BCUT2D eigenvalue weighted by Gasteiger charge is 2.30. The van der Waals surface area contributed by atoms with E-state index in [1.165, 1.54) is 10.5 Å². The van der Waals surface area contributed by atoms with Gasteiger partial charge in [0, 0.05) is 42.2 Å². The van der Waals surface area contributed by atoms with Gasteiger partial charge in [-0.2, -0.15) is 0 Å². The number of phenolic OH excluding ortho intramolecular Hbond substituents is 1. The fraction of sp³-hybridized carbons (Fsp3) is 0.458. The number of rotatable bonds is 8. The molecule has 3 rings (SSSR count). The number of nitrogens with zero attached hydrogens (tertiary/aromatic N) is 2. The Morgan fingerprint density at radius 2 is 1.79 bits per heavy atom. The second kappa shape index (κ2) is 10.4. The first-order chi connectivity index (χ1) is 14.1. The molecular weight excluding hydrogens is 362 g/mol. The molecule has 2 aromatic rings. The van der Waals surface area contributed by atoms with Crippen LogP contribution in [-0.4, -0.2) is 56.8 Å². The van der Waals surface area contributed by atoms with Crippen LogP contribution in [0.2, 0.25) is 0 Å². The highest BCUT2D eigenvalue weighted by atomic mass is 16.5. The number of morpholine rings is 1. The standard InChI is InChI=1S/C24H33N3O2/c1-4-26(5-2)22-12-11-21(23(28)17-22)18-25-19(3)24(20-9-7-6-8-10-20)27-13-15-29-16-14-27/h6-12,17-19,24,28H,4-5,13-16H2,1-3H3/p+1/t19-,24-/m0/s1. The van der Waals surface area contributed by atoms with Gasteiger partial charge >= 0.3 is 0 Å². The van der Waals surface area contributed by atoms with Crippen molar-refractivity contribution < 1.29 is 14.7 Å². The van der Waals surface area contributed by atoms with Crippen molar-refractivity contribution in [2.24, 2.45) is 4.99 Å². The van der Waals surface area contributed by atoms with Crippen molar-refractivity contribution in [1.29, 1.82) is 0 Å². The summed E-state index contributed by atoms with van der Waals surface area (Å²) in [6, 6.07) is 16.8. The van der Waals surface area contributed by atoms with Gasteiger partial charge in [0.05, 0.1) is 13.2 Å². The van der Waals surface area contributed by atoms with E-state index in [2.05, 4.69) is 62.1 Å². The minimum absolute atomic E-state index is 0.0901. The van der Waals surface area contributed by atoms with E-state index in [9.17, 15) is 5.11 Å². The first-order valence-corrected chi connectivity index (χ1v) is 10.7. The van der Waals surface area contributed by atoms with E-state index < -0.39 is 0 Å². The Labute approximate surface area is 174 Å². The molecule has 1 heterocycles. The number of benzene rings is 2. The summed E-state index contributed by atoms with van der Waals surface area (Å²) in [5.41, 5.74) is 3.10. The molecular formula is C24H34N3O2+. The molecule has 0 amide bonds. The molecule has 1 fully saturated rings. The van der Waals surface area contributed by atoms with Crippen LogP contribution in [0.15, 0.2) is 53.5 Å². The average Bonchev–Trinajstić information content (AvgIpc) is 2.76. The number of hydrogen-bond acceptors (Lipinski definition) is 4. The first-order valence-electron chi connectivity index (χ1n) is 10.7. The van der Waals surface area contributed by atoms with Crippen LogP contribution in [0.25, 0.3) is 0 Å². The fourth-order valence-electron chi connectivity index (χ4n) is 4.17. The number of phenols is 1. The van der Waals surface area contributed by atoms with Gasteiger partial charge in [0.2, 0.25) is 0 Å². The van der Waals surface area contributed by atoms with Gasteiger partial charge in [-0.25, -0.2) is 0 Å². The van der Waals surface area contributed by atoms with Crippen LogP contribution in [0.3, 0.4) is 0 Å². The Morgan fingerprint density at radius 1 is 1.10 bits per heavy atom. The third-order valence-corrected chi connectivity index (χ3v) is 5.81. The van der Waals surface area contributed by atoms with Crippen LogP contribution in [0.5, 0.6) is 5.75 Å². The Kier molecular flexibility index (Phi) is 7.67. The van der Waals surface area contributed by atoms with E-state index in [1.807, 2.05) is 18.3 Å². The fourth-order valence-corrected chi connectivity index (χ4v) is 4.17. The van der Waals surface area contributed by atoms with Crippen LogP contribution in [0.1, 0.15) is 37.9 Å². The van der Waals surface area contributed by atoms with Gasteiger partial charge in [-0.05, 0) is 32.9 Å². The van der Waals surface area contributed by atoms with Crippen LogP contribution < -0.4 is 9.80 Å². The van der Waals surface area contributed by atoms with Crippen molar-refractivity contribution >= 4 is 11.9 Å². The minimum atomic E-state index is 0.0901. The zero-order valence-electron chi connectivity index (χ0n) is 17.8. The SMILES string of the molecule is CCN(CC)c1ccc(C=N[C@@H](C)[C@@H](c2ccccc2)[NH+]2CCOCC2)c(O)c1. The van der Waals surface area contributed by atoms with E-state index in [-0.39, 0.29) is 17.8 Å². The van der Waals surface area contributed by atoms with Gasteiger partial charge in [-0.3, -0.25) is 4.99 Å². The number of quaternary nitrogens is 1. The molecule has 29 heavy (non-hydrogen) atoms. The van der Waals surface area contributed by atoms with E-state index in [0.717, 1.165) is 50.6 Å². The number of anilines is 1. The average molecular weight is 397 g/mol. The molecule has 2 aromatic carbocycles. The number of ether oxygens (including phenoxy) is 1. The van der Waals surface area contributed by atoms with E-state index >= 15 is 0 Å². The molecule has 0 unspecified atom stereocenters. The first kappa shape index (κ1) is 21.3. The zero-order chi connectivity index (χ0) is 20.6. The smallest absolute Gasteiger partial charge is 0.136 e. The molecule has 5 nitrogen and oxygen atoms in total. The molecule has 2 N–H and O–H groups in total. The van der Waals surface area contributed by atoms with Gasteiger partial charge in [-0.15, -0.1) is 0 Å². The normalized spacial score (nSPS) is 17.3. The maximum Gasteiger partial charge on any atom is 0.136 e. The summed E-state index contributed by atoms with van der Waals surface area (Å²) in [6.07, 6.45) is 1.82. The third kappa shape index (κ3) is 5.37. The highest BCUT2D eigenvalue weighted by Crippen LogP contribution is 2.24. The van der Waals surface area contributed by atoms with Gasteiger partial charge < -0.3 is 19.6 Å². The lowest BCUT2D eigenvalue weighted by Gasteiger charge is -2.33. The second-order valence-corrected chi connectivity index (χ2v) is 7.59. The quantitative estimate of drug-likeness (QED) is 0.675. The molecule has 0 bridgehead atoms. The largest absolute Gasteiger partial charge is 0.507 e. The molecule has 2 atom stereocenters. The summed E-state index contributed by atoms with van der Waals surface area (Å²) in [5, 5.41) is 10.5. The lowest BCUT2D eigenvalue weighted by atomic mass is 9.98. The molecule has 1 aliphatic rings. The van der Waals surface area contributed by atoms with E-state index in [4.69, 9.17) is 9.73 Å². The molecule has 0 spiro atoms. The van der Waals surface area contributed by atoms with Crippen LogP contribution in [-0.2, 0) is 4.74 Å². The Hall–Kier alpha value is -2.37. The van der Waals surface area contributed by atoms with E-state index in [0.29, 0.717) is 0 Å². The Bertz CT molecular complexity index is 784. The van der Waals surface area contributed by atoms with Gasteiger partial charge in [0.1, 0.15) is 30.9 Å². The molecule has 5 heteroatoms. The summed E-state index contributed by atoms with van der Waals surface area (Å²) < 4.78 is 5.56. The van der Waals surface area contributed by atoms with Crippen molar-refractivity contribution in [3.63, 3.8) is 0 Å². The number of nitrogens with one attached hydrogen (secondary N) is 1. The second-order valence-electron chi connectivity index (χ2n) is 7.59. The molecule has 0 radical (unpaired) electrons. The third-order valence-electron chi connectivity index (χ3n) is 5.81. The lowest BCUT2D eigenvalue weighted by molar-refractivity contribution is -0.940. The van der Waals surface area contributed by atoms with Crippen LogP contribution in [0, 0.1) is 0 Å². The van der Waals surface area contributed by atoms with Crippen LogP contribution >= 0.6 is 0 Å². The van der Waals surface area contributed by atoms with Gasteiger partial charge in [0.15, 0.2) is 0 Å². The van der Waals surface area contributed by atoms with Gasteiger partial charge in [-0.1, -0.05) is 30.3 Å². The summed E-state index contributed by atoms with van der Waals surface area (Å²) in [5.74, 6) is 0.278. The molecule has 156 valence electrons. The molecule has 0 saturated carbocycles. The summed E-state index contributed by atoms with van der Waals surface area (Å²) >= 11 is 0. The van der Waals surface area contributed by atoms with Crippen molar-refractivity contribution in [2.75, 3.05) is 44.3 Å². The molecule has 1 saturated heterocycles. The predicted molar refractivity (Wildman–Crippen MR) is 119 cm³/mol. The summed E-state index contributed by atoms with van der Waals surface area (Å²) in [4.78, 5) is 8.59. The van der Waals surface area contributed by atoms with Crippen LogP contribution in [0.4, 0.5) is 5.69 Å². The molecule has 0 aliphatic carbocycles. The Morgan fingerprint density at radius 3 is 2.41 bits per heavy atom. The van der Waals surface area contributed by atoms with Crippen molar-refractivity contribution in [3.05, 3.63) is 59.7 Å². The molecule has 0 aromatic heterocycles. The molecule has 1 aliphatic heterocycles. The maximum absolute atomic E-state index is 10.5. The summed E-state index contributed by atoms with van der Waals surface area (Å²) in [7, 11) is 0. The predicted octanol–water partition coefficient (Wildman–Crippen LogP) is 2.70. The number of hydrogen-bond donors (Lipinski definition) is 2. The van der Waals surface area contributed by atoms with Crippen molar-refractivity contribution in [3.8, 4) is 5.75 Å². The lowest BCUT2D eigenvalue weighted by Crippen LogP contribution is -3.15. The van der Waals surface area contributed by atoms with Crippen molar-refractivity contribution in [1.82, 2.24) is 0 Å². The van der Waals surface area contributed by atoms with Crippen molar-refractivity contribution in [2.45, 2.75) is 32.9 Å². The highest BCUT2D eigenvalue weighted by molar-refractivity contribution is 5.84. The summed E-state index contributed by atoms with van der Waals surface area (Å²) in [6.45, 7) is 11.8.